The predicted molar refractivity (Wildman–Crippen MR) is 456 cm³/mol. The van der Waals surface area contributed by atoms with Gasteiger partial charge in [-0.25, -0.2) is 0 Å². The van der Waals surface area contributed by atoms with E-state index in [2.05, 4.69) is 52.2 Å². The highest BCUT2D eigenvalue weighted by Crippen LogP contribution is 2.62. The molecule has 7 aromatic carbocycles. The van der Waals surface area contributed by atoms with Gasteiger partial charge in [-0.1, -0.05) is 24.3 Å². The average Bonchev–Trinajstić information content (AvgIpc) is 1.54. The standard InChI is InChI=1S/C32H33N3O6.C31H35N3O6.C31H33N3O5/c1-33-30(36)24-5-3-4-21-16-22(6-7-23(21)24)41-27-8-11-34-26-18-29(28(37-2)17-25(26)27)38-13-12-35-19-31(9-10-31)32(20-35)39-14-15-40-32;1-19-29(30(35)32-2)21-7-6-20(14-25(21)39-19)40-24-8-11-33-23-16-27(26(36-3)15-22(23)24)38-13-5-12-34-17-28(37-4)31(18-34)9-10-31;1-19-17-34(18-31(19)9-10-31)12-5-13-37-28-16-24-23(15-27(28)36-4)25(8-11-33-24)39-21-6-7-22-26(14-21)38-20(2)29(22)30(35)32-3/h3-8,11,16-18H,9-10,12-15,19-20H2,1-2H3,(H,33,36);6-8,11,14-16,28H,5,9-10,12-13,17-18H2,1-4H3,(H,32,35);6-8,11,14-16H,1,5,9-10,12-13,17-18H2,2-4H3,(H,32,35). The summed E-state index contributed by atoms with van der Waals surface area (Å²) in [5.41, 5.74) is 7.45. The second-order valence-corrected chi connectivity index (χ2v) is 32.2. The second-order valence-electron chi connectivity index (χ2n) is 32.2. The molecule has 26 heteroatoms. The van der Waals surface area contributed by atoms with Gasteiger partial charge in [-0.15, -0.1) is 0 Å². The number of likely N-dealkylation sites (tertiary alicyclic amines) is 3. The number of amides is 3. The number of fused-ring (bicyclic) bond motifs is 7. The van der Waals surface area contributed by atoms with E-state index in [0.29, 0.717) is 158 Å². The Morgan fingerprint density at radius 3 is 1.41 bits per heavy atom. The van der Waals surface area contributed by atoms with Gasteiger partial charge in [0.05, 0.1) is 88.1 Å². The number of hydrogen-bond donors (Lipinski definition) is 3. The van der Waals surface area contributed by atoms with E-state index in [1.54, 1.807) is 87.0 Å². The van der Waals surface area contributed by atoms with Gasteiger partial charge in [-0.2, -0.15) is 0 Å². The Balaban J connectivity index is 0.000000128. The summed E-state index contributed by atoms with van der Waals surface area (Å²) in [6.45, 7) is 19.7. The van der Waals surface area contributed by atoms with Gasteiger partial charge in [0.2, 0.25) is 0 Å². The third-order valence-electron chi connectivity index (χ3n) is 24.7. The zero-order valence-electron chi connectivity index (χ0n) is 69.3. The minimum atomic E-state index is -0.425. The molecular formula is C94H101N9O17. The minimum Gasteiger partial charge on any atom is -0.493 e. The number of nitrogens with one attached hydrogen (secondary N) is 3. The van der Waals surface area contributed by atoms with Crippen LogP contribution in [0.2, 0.25) is 0 Å². The lowest BCUT2D eigenvalue weighted by Gasteiger charge is -2.28. The van der Waals surface area contributed by atoms with Crippen LogP contribution in [0.5, 0.6) is 69.0 Å². The molecule has 7 fully saturated rings. The van der Waals surface area contributed by atoms with Crippen molar-refractivity contribution in [3.8, 4) is 69.0 Å². The molecule has 3 aliphatic carbocycles. The number of benzene rings is 7. The molecular weight excluding hydrogens is 1530 g/mol. The Kier molecular flexibility index (Phi) is 22.7. The number of ether oxygens (including phenoxy) is 12. The molecule has 19 rings (SSSR count). The average molecular weight is 1630 g/mol. The first-order valence-electron chi connectivity index (χ1n) is 41.1. The molecule has 0 radical (unpaired) electrons. The molecule has 7 aliphatic rings. The number of pyridine rings is 3. The summed E-state index contributed by atoms with van der Waals surface area (Å²) in [5.74, 6) is 7.75. The van der Waals surface area contributed by atoms with Crippen LogP contribution in [0.25, 0.3) is 65.4 Å². The molecule has 5 aromatic heterocycles. The second kappa shape index (κ2) is 33.8. The highest BCUT2D eigenvalue weighted by atomic mass is 16.7. The van der Waals surface area contributed by atoms with E-state index in [0.717, 1.165) is 139 Å². The fourth-order valence-corrected chi connectivity index (χ4v) is 17.9. The van der Waals surface area contributed by atoms with Gasteiger partial charge in [0.1, 0.15) is 63.8 Å². The van der Waals surface area contributed by atoms with Crippen molar-refractivity contribution in [1.29, 1.82) is 0 Å². The summed E-state index contributed by atoms with van der Waals surface area (Å²) in [7, 11) is 11.6. The van der Waals surface area contributed by atoms with Crippen LogP contribution in [0.1, 0.15) is 94.0 Å². The summed E-state index contributed by atoms with van der Waals surface area (Å²) in [6.07, 6.45) is 14.8. The van der Waals surface area contributed by atoms with E-state index < -0.39 is 5.79 Å². The summed E-state index contributed by atoms with van der Waals surface area (Å²) in [5, 5.41) is 13.7. The van der Waals surface area contributed by atoms with Crippen molar-refractivity contribution in [3.05, 3.63) is 186 Å². The highest BCUT2D eigenvalue weighted by Gasteiger charge is 2.68. The Hall–Kier alpha value is -11.8. The number of hydrogen-bond acceptors (Lipinski definition) is 23. The van der Waals surface area contributed by atoms with E-state index in [1.807, 2.05) is 122 Å². The van der Waals surface area contributed by atoms with Crippen LogP contribution in [0.15, 0.2) is 167 Å². The third-order valence-corrected chi connectivity index (χ3v) is 24.7. The highest BCUT2D eigenvalue weighted by molar-refractivity contribution is 6.09. The van der Waals surface area contributed by atoms with Crippen molar-refractivity contribution >= 4 is 83.1 Å². The predicted octanol–water partition coefficient (Wildman–Crippen LogP) is 16.0. The normalized spacial score (nSPS) is 17.7. The topological polar surface area (TPSA) is 273 Å². The first-order valence-corrected chi connectivity index (χ1v) is 41.1. The van der Waals surface area contributed by atoms with Crippen LogP contribution in [0.3, 0.4) is 0 Å². The number of carbonyl (C=O) groups excluding carboxylic acids is 3. The van der Waals surface area contributed by atoms with Gasteiger partial charge in [-0.05, 0) is 161 Å². The molecule has 1 atom stereocenters. The summed E-state index contributed by atoms with van der Waals surface area (Å²) in [6, 6.07) is 39.1. The van der Waals surface area contributed by atoms with Gasteiger partial charge >= 0.3 is 0 Å². The van der Waals surface area contributed by atoms with Crippen LogP contribution in [-0.2, 0) is 14.2 Å². The summed E-state index contributed by atoms with van der Waals surface area (Å²) in [4.78, 5) is 57.8. The SMILES string of the molecule is C=C1CN(CCCOc2cc3nccc(Oc4ccc5c(C(=O)NC)c(C)oc5c4)c3cc2OC)CC12CC2.CNC(=O)c1c(C)oc2cc(Oc3ccnc4cc(OCCCN5CC(OC)C6(CC6)C5)c(OC)cc34)ccc12.CNC(=O)c1cccc2cc(Oc3ccnc4cc(OCCN5CC6(CC6)C6(C5)OCCO6)c(OC)cc34)ccc12. The lowest BCUT2D eigenvalue weighted by Crippen LogP contribution is -2.41. The minimum absolute atomic E-state index is 0.123. The lowest BCUT2D eigenvalue weighted by atomic mass is 10.00. The van der Waals surface area contributed by atoms with Crippen molar-refractivity contribution in [1.82, 2.24) is 45.6 Å². The van der Waals surface area contributed by atoms with E-state index in [-0.39, 0.29) is 23.1 Å². The molecule has 120 heavy (non-hydrogen) atoms. The van der Waals surface area contributed by atoms with Gasteiger partial charge in [0.15, 0.2) is 40.3 Å². The number of rotatable bonds is 27. The third kappa shape index (κ3) is 16.1. The van der Waals surface area contributed by atoms with Crippen LogP contribution < -0.4 is 58.6 Å². The molecule has 4 spiro atoms. The van der Waals surface area contributed by atoms with Gasteiger partial charge < -0.3 is 81.6 Å². The largest absolute Gasteiger partial charge is 0.493 e. The van der Waals surface area contributed by atoms with Gasteiger partial charge in [0.25, 0.3) is 17.7 Å². The Labute approximate surface area is 695 Å². The maximum Gasteiger partial charge on any atom is 0.255 e. The van der Waals surface area contributed by atoms with Crippen molar-refractivity contribution in [3.63, 3.8) is 0 Å². The molecule has 3 saturated carbocycles. The Morgan fingerprint density at radius 2 is 0.958 bits per heavy atom. The van der Waals surface area contributed by atoms with Crippen LogP contribution in [0, 0.1) is 30.1 Å². The number of aromatic nitrogens is 3. The zero-order chi connectivity index (χ0) is 83.0. The van der Waals surface area contributed by atoms with Gasteiger partial charge in [0, 0.05) is 178 Å². The number of aryl methyl sites for hydroxylation is 2. The lowest BCUT2D eigenvalue weighted by molar-refractivity contribution is -0.182. The maximum absolute atomic E-state index is 12.3. The molecule has 4 saturated heterocycles. The van der Waals surface area contributed by atoms with Crippen molar-refractivity contribution in [2.75, 3.05) is 142 Å². The van der Waals surface area contributed by atoms with E-state index >= 15 is 0 Å². The molecule has 4 aliphatic heterocycles. The number of furan rings is 2. The molecule has 1 unspecified atom stereocenters. The number of nitrogens with zero attached hydrogens (tertiary/aromatic N) is 6. The molecule has 3 N–H and O–H groups in total. The van der Waals surface area contributed by atoms with Crippen LogP contribution in [0.4, 0.5) is 0 Å². The zero-order valence-corrected chi connectivity index (χ0v) is 69.3. The molecule has 0 bridgehead atoms. The summed E-state index contributed by atoms with van der Waals surface area (Å²) >= 11 is 0. The van der Waals surface area contributed by atoms with E-state index in [9.17, 15) is 14.4 Å². The first kappa shape index (κ1) is 80.6. The number of carbonyl (C=O) groups is 3. The fourth-order valence-electron chi connectivity index (χ4n) is 17.9. The molecule has 26 nitrogen and oxygen atoms in total. The van der Waals surface area contributed by atoms with Crippen LogP contribution in [-0.4, -0.2) is 201 Å². The van der Waals surface area contributed by atoms with E-state index in [4.69, 9.17) is 65.7 Å². The fraction of sp³-hybridized carbons (Fsp3) is 0.383. The Morgan fingerprint density at radius 1 is 0.475 bits per heavy atom. The molecule has 9 heterocycles. The summed E-state index contributed by atoms with van der Waals surface area (Å²) < 4.78 is 84.0. The van der Waals surface area contributed by atoms with Gasteiger partial charge in [-0.3, -0.25) is 44.0 Å². The number of methoxy groups -OCH3 is 4. The van der Waals surface area contributed by atoms with Crippen LogP contribution >= 0.6 is 0 Å². The molecule has 3 amide bonds. The van der Waals surface area contributed by atoms with Crippen molar-refractivity contribution in [2.24, 2.45) is 16.2 Å². The Bertz CT molecular complexity index is 5910. The maximum atomic E-state index is 12.3. The molecule has 624 valence electrons. The van der Waals surface area contributed by atoms with E-state index in [1.165, 1.54) is 31.3 Å². The molecule has 12 aromatic rings. The van der Waals surface area contributed by atoms with Crippen molar-refractivity contribution in [2.45, 2.75) is 77.1 Å². The smallest absolute Gasteiger partial charge is 0.255 e. The monoisotopic (exact) mass is 1630 g/mol. The first-order chi connectivity index (χ1) is 58.4. The quantitative estimate of drug-likeness (QED) is 0.0319. The van der Waals surface area contributed by atoms with Crippen molar-refractivity contribution < 1.29 is 80.1 Å².